The molecular formula is C13H18N2O4S. The van der Waals surface area contributed by atoms with Crippen molar-refractivity contribution < 1.29 is 18.3 Å². The van der Waals surface area contributed by atoms with Gasteiger partial charge in [-0.3, -0.25) is 0 Å². The maximum Gasteiger partial charge on any atom is 0.337 e. The third kappa shape index (κ3) is 2.38. The number of rotatable bonds is 3. The first-order valence-electron chi connectivity index (χ1n) is 6.32. The molecule has 20 heavy (non-hydrogen) atoms. The predicted molar refractivity (Wildman–Crippen MR) is 75.0 cm³/mol. The topological polar surface area (TPSA) is 101 Å². The van der Waals surface area contributed by atoms with Crippen LogP contribution in [0.15, 0.2) is 23.1 Å². The summed E-state index contributed by atoms with van der Waals surface area (Å²) in [6.45, 7) is 4.07. The minimum atomic E-state index is -3.87. The Bertz CT molecular complexity index is 652. The summed E-state index contributed by atoms with van der Waals surface area (Å²) >= 11 is 0. The highest BCUT2D eigenvalue weighted by molar-refractivity contribution is 7.89. The smallest absolute Gasteiger partial charge is 0.337 e. The average molecular weight is 298 g/mol. The lowest BCUT2D eigenvalue weighted by Crippen LogP contribution is -2.43. The molecule has 3 N–H and O–H groups in total. The van der Waals surface area contributed by atoms with E-state index in [0.29, 0.717) is 6.54 Å². The van der Waals surface area contributed by atoms with Crippen molar-refractivity contribution in [2.24, 2.45) is 0 Å². The first-order chi connectivity index (χ1) is 9.16. The van der Waals surface area contributed by atoms with Gasteiger partial charge in [0.05, 0.1) is 10.5 Å². The van der Waals surface area contributed by atoms with Crippen molar-refractivity contribution in [3.8, 4) is 0 Å². The van der Waals surface area contributed by atoms with Gasteiger partial charge >= 0.3 is 5.97 Å². The Labute approximate surface area is 118 Å². The number of sulfonamides is 1. The summed E-state index contributed by atoms with van der Waals surface area (Å²) in [4.78, 5) is 11.0. The second-order valence-electron chi connectivity index (χ2n) is 5.55. The Hall–Kier alpha value is -1.60. The normalized spacial score (nSPS) is 19.1. The van der Waals surface area contributed by atoms with Gasteiger partial charge in [-0.05, 0) is 44.9 Å². The SMILES string of the molecule is CC1(C)CCCN1S(=O)(=O)c1cc(N)ccc1C(=O)O. The average Bonchev–Trinajstić information content (AvgIpc) is 2.69. The van der Waals surface area contributed by atoms with Crippen LogP contribution in [0.25, 0.3) is 0 Å². The van der Waals surface area contributed by atoms with Crippen LogP contribution in [-0.4, -0.2) is 35.9 Å². The number of aromatic carboxylic acids is 1. The summed E-state index contributed by atoms with van der Waals surface area (Å²) in [5, 5.41) is 9.17. The van der Waals surface area contributed by atoms with Gasteiger partial charge in [-0.1, -0.05) is 0 Å². The fourth-order valence-electron chi connectivity index (χ4n) is 2.58. The van der Waals surface area contributed by atoms with Crippen molar-refractivity contribution in [3.63, 3.8) is 0 Å². The zero-order valence-electron chi connectivity index (χ0n) is 11.5. The van der Waals surface area contributed by atoms with Crippen molar-refractivity contribution in [1.82, 2.24) is 4.31 Å². The number of carbonyl (C=O) groups is 1. The predicted octanol–water partition coefficient (Wildman–Crippen LogP) is 1.53. The Balaban J connectivity index is 2.60. The largest absolute Gasteiger partial charge is 0.478 e. The molecule has 0 amide bonds. The fraction of sp³-hybridized carbons (Fsp3) is 0.462. The molecule has 0 aliphatic carbocycles. The summed E-state index contributed by atoms with van der Waals surface area (Å²) in [6.07, 6.45) is 1.51. The third-order valence-corrected chi connectivity index (χ3v) is 5.78. The van der Waals surface area contributed by atoms with Crippen molar-refractivity contribution in [1.29, 1.82) is 0 Å². The van der Waals surface area contributed by atoms with Crippen molar-refractivity contribution in [3.05, 3.63) is 23.8 Å². The van der Waals surface area contributed by atoms with Gasteiger partial charge in [0.1, 0.15) is 0 Å². The van der Waals surface area contributed by atoms with E-state index in [1.54, 1.807) is 0 Å². The van der Waals surface area contributed by atoms with Crippen LogP contribution < -0.4 is 5.73 Å². The van der Waals surface area contributed by atoms with E-state index in [0.717, 1.165) is 12.8 Å². The highest BCUT2D eigenvalue weighted by Gasteiger charge is 2.42. The number of carboxylic acids is 1. The van der Waals surface area contributed by atoms with Crippen LogP contribution in [-0.2, 0) is 10.0 Å². The van der Waals surface area contributed by atoms with E-state index >= 15 is 0 Å². The number of hydrogen-bond acceptors (Lipinski definition) is 4. The standard InChI is InChI=1S/C13H18N2O4S/c1-13(2)6-3-7-15(13)20(18,19)11-8-9(14)4-5-10(11)12(16)17/h4-5,8H,3,6-7,14H2,1-2H3,(H,16,17). The van der Waals surface area contributed by atoms with Gasteiger partial charge < -0.3 is 10.8 Å². The van der Waals surface area contributed by atoms with Gasteiger partial charge in [0.15, 0.2) is 0 Å². The molecule has 0 bridgehead atoms. The van der Waals surface area contributed by atoms with Gasteiger partial charge in [0.2, 0.25) is 10.0 Å². The van der Waals surface area contributed by atoms with E-state index < -0.39 is 21.5 Å². The molecular weight excluding hydrogens is 280 g/mol. The number of carboxylic acid groups (broad SMARTS) is 1. The molecule has 0 aromatic heterocycles. The third-order valence-electron chi connectivity index (χ3n) is 3.63. The molecule has 0 spiro atoms. The monoisotopic (exact) mass is 298 g/mol. The molecule has 0 unspecified atom stereocenters. The maximum atomic E-state index is 12.7. The quantitative estimate of drug-likeness (QED) is 0.824. The van der Waals surface area contributed by atoms with Crippen LogP contribution in [0.5, 0.6) is 0 Å². The molecule has 1 aliphatic rings. The second-order valence-corrected chi connectivity index (χ2v) is 7.38. The second kappa shape index (κ2) is 4.75. The Morgan fingerprint density at radius 1 is 1.40 bits per heavy atom. The van der Waals surface area contributed by atoms with E-state index in [-0.39, 0.29) is 16.1 Å². The molecule has 0 radical (unpaired) electrons. The van der Waals surface area contributed by atoms with E-state index in [4.69, 9.17) is 10.8 Å². The molecule has 1 aliphatic heterocycles. The van der Waals surface area contributed by atoms with E-state index in [9.17, 15) is 13.2 Å². The van der Waals surface area contributed by atoms with Crippen LogP contribution in [0.3, 0.4) is 0 Å². The molecule has 6 nitrogen and oxygen atoms in total. The Morgan fingerprint density at radius 3 is 2.55 bits per heavy atom. The highest BCUT2D eigenvalue weighted by Crippen LogP contribution is 2.35. The number of nitrogens with two attached hydrogens (primary N) is 1. The molecule has 1 saturated heterocycles. The van der Waals surface area contributed by atoms with Crippen molar-refractivity contribution >= 4 is 21.7 Å². The minimum Gasteiger partial charge on any atom is -0.478 e. The zero-order chi connectivity index (χ0) is 15.1. The van der Waals surface area contributed by atoms with E-state index in [2.05, 4.69) is 0 Å². The van der Waals surface area contributed by atoms with Crippen molar-refractivity contribution in [2.45, 2.75) is 37.1 Å². The summed E-state index contributed by atoms with van der Waals surface area (Å²) in [6, 6.07) is 3.83. The molecule has 0 saturated carbocycles. The summed E-state index contributed by atoms with van der Waals surface area (Å²) < 4.78 is 26.8. The lowest BCUT2D eigenvalue weighted by molar-refractivity contribution is 0.0692. The number of anilines is 1. The van der Waals surface area contributed by atoms with Crippen LogP contribution in [0.2, 0.25) is 0 Å². The van der Waals surface area contributed by atoms with Gasteiger partial charge in [-0.2, -0.15) is 4.31 Å². The fourth-order valence-corrected chi connectivity index (χ4v) is 4.64. The highest BCUT2D eigenvalue weighted by atomic mass is 32.2. The lowest BCUT2D eigenvalue weighted by Gasteiger charge is -2.31. The van der Waals surface area contributed by atoms with Crippen LogP contribution in [0, 0.1) is 0 Å². The molecule has 2 rings (SSSR count). The van der Waals surface area contributed by atoms with E-state index in [1.165, 1.54) is 22.5 Å². The lowest BCUT2D eigenvalue weighted by atomic mass is 10.0. The number of benzene rings is 1. The van der Waals surface area contributed by atoms with Gasteiger partial charge in [0, 0.05) is 17.8 Å². The molecule has 110 valence electrons. The molecule has 1 heterocycles. The summed E-state index contributed by atoms with van der Waals surface area (Å²) in [5.41, 5.74) is 5.08. The van der Waals surface area contributed by atoms with Crippen LogP contribution in [0.4, 0.5) is 5.69 Å². The summed E-state index contributed by atoms with van der Waals surface area (Å²) in [5.74, 6) is -1.28. The zero-order valence-corrected chi connectivity index (χ0v) is 12.3. The van der Waals surface area contributed by atoms with Gasteiger partial charge in [-0.15, -0.1) is 0 Å². The number of nitrogen functional groups attached to an aromatic ring is 1. The maximum absolute atomic E-state index is 12.7. The van der Waals surface area contributed by atoms with Gasteiger partial charge in [-0.25, -0.2) is 13.2 Å². The summed E-state index contributed by atoms with van der Waals surface area (Å²) in [7, 11) is -3.87. The molecule has 1 aromatic rings. The Kier molecular flexibility index (Phi) is 3.51. The van der Waals surface area contributed by atoms with Crippen molar-refractivity contribution in [2.75, 3.05) is 12.3 Å². The van der Waals surface area contributed by atoms with E-state index in [1.807, 2.05) is 13.8 Å². The first-order valence-corrected chi connectivity index (χ1v) is 7.76. The molecule has 1 aromatic carbocycles. The van der Waals surface area contributed by atoms with Crippen LogP contribution >= 0.6 is 0 Å². The minimum absolute atomic E-state index is 0.227. The number of hydrogen-bond donors (Lipinski definition) is 2. The molecule has 1 fully saturated rings. The number of nitrogens with zero attached hydrogens (tertiary/aromatic N) is 1. The Morgan fingerprint density at radius 2 is 2.05 bits per heavy atom. The molecule has 0 atom stereocenters. The first kappa shape index (κ1) is 14.8. The van der Waals surface area contributed by atoms with Gasteiger partial charge in [0.25, 0.3) is 0 Å². The molecule has 7 heteroatoms. The van der Waals surface area contributed by atoms with Crippen LogP contribution in [0.1, 0.15) is 37.0 Å².